The maximum atomic E-state index is 10.3. The molecule has 4 heteroatoms. The smallest absolute Gasteiger partial charge is 0.391 e. The quantitative estimate of drug-likeness (QED) is 0.234. The van der Waals surface area contributed by atoms with E-state index in [1.54, 1.807) is 0 Å². The normalized spacial score (nSPS) is 14.0. The standard InChI is InChI=1S/C37H51O3P/c1-21-15-23-19-24-16-22(2)18-27(35(6,7)8)30(24)31-32(36(9,10)11)25(29(23)26(17-21)34(3,4)5)20-28(40-41(38)39)33(31)37(12,13)14/h15-18,20,38-39H,19H2,1-14H3. The van der Waals surface area contributed by atoms with Crippen LogP contribution in [0.5, 0.6) is 5.75 Å². The summed E-state index contributed by atoms with van der Waals surface area (Å²) in [6, 6.07) is 11.5. The minimum atomic E-state index is -2.60. The van der Waals surface area contributed by atoms with Gasteiger partial charge in [-0.05, 0) is 98.1 Å². The Kier molecular flexibility index (Phi) is 7.91. The summed E-state index contributed by atoms with van der Waals surface area (Å²) in [4.78, 5) is 20.5. The van der Waals surface area contributed by atoms with Crippen molar-refractivity contribution in [2.75, 3.05) is 0 Å². The van der Waals surface area contributed by atoms with Gasteiger partial charge in [-0.3, -0.25) is 0 Å². The zero-order valence-corrected chi connectivity index (χ0v) is 28.7. The highest BCUT2D eigenvalue weighted by Crippen LogP contribution is 2.56. The van der Waals surface area contributed by atoms with Gasteiger partial charge in [-0.15, -0.1) is 0 Å². The number of hydrogen-bond donors (Lipinski definition) is 2. The fourth-order valence-corrected chi connectivity index (χ4v) is 7.11. The summed E-state index contributed by atoms with van der Waals surface area (Å²) in [5.41, 5.74) is 14.2. The molecule has 0 radical (unpaired) electrons. The van der Waals surface area contributed by atoms with Crippen LogP contribution in [0.4, 0.5) is 0 Å². The molecule has 3 aromatic carbocycles. The molecule has 0 saturated carbocycles. The van der Waals surface area contributed by atoms with Crippen LogP contribution in [0.15, 0.2) is 30.3 Å². The Balaban J connectivity index is 2.46. The van der Waals surface area contributed by atoms with Crippen molar-refractivity contribution in [3.63, 3.8) is 0 Å². The van der Waals surface area contributed by atoms with Crippen LogP contribution in [-0.2, 0) is 28.1 Å². The maximum absolute atomic E-state index is 10.3. The average Bonchev–Trinajstić information content (AvgIpc) is 2.73. The molecule has 0 heterocycles. The topological polar surface area (TPSA) is 49.7 Å². The van der Waals surface area contributed by atoms with Crippen molar-refractivity contribution in [1.29, 1.82) is 0 Å². The van der Waals surface area contributed by atoms with Crippen molar-refractivity contribution >= 4 is 8.60 Å². The fraction of sp³-hybridized carbons (Fsp3) is 0.514. The summed E-state index contributed by atoms with van der Waals surface area (Å²) in [6.45, 7) is 31.7. The third-order valence-electron chi connectivity index (χ3n) is 8.22. The molecule has 3 aromatic rings. The Morgan fingerprint density at radius 1 is 0.561 bits per heavy atom. The van der Waals surface area contributed by atoms with Gasteiger partial charge < -0.3 is 14.3 Å². The summed E-state index contributed by atoms with van der Waals surface area (Å²) in [7, 11) is -2.60. The van der Waals surface area contributed by atoms with Gasteiger partial charge in [0.2, 0.25) is 0 Å². The van der Waals surface area contributed by atoms with Crippen LogP contribution in [0, 0.1) is 13.8 Å². The minimum Gasteiger partial charge on any atom is -0.427 e. The SMILES string of the molecule is Cc1cc2c(c(C(C)(C)C)c1)-c1cc(OP(O)O)c(C(C)(C)C)c(c1C(C)(C)C)-c1c(cc(C)cc1C(C)(C)C)C2. The molecule has 0 aliphatic heterocycles. The zero-order chi connectivity index (χ0) is 31.0. The van der Waals surface area contributed by atoms with E-state index in [1.165, 1.54) is 55.6 Å². The zero-order valence-electron chi connectivity index (χ0n) is 27.8. The van der Waals surface area contributed by atoms with E-state index in [-0.39, 0.29) is 21.7 Å². The van der Waals surface area contributed by atoms with Crippen molar-refractivity contribution in [3.8, 4) is 28.0 Å². The first kappa shape index (κ1) is 31.7. The van der Waals surface area contributed by atoms with E-state index in [9.17, 15) is 9.79 Å². The Hall–Kier alpha value is -2.19. The second kappa shape index (κ2) is 10.2. The third-order valence-corrected chi connectivity index (χ3v) is 8.58. The average molecular weight is 575 g/mol. The van der Waals surface area contributed by atoms with Crippen LogP contribution < -0.4 is 4.52 Å². The first-order chi connectivity index (χ1) is 18.5. The number of aryl methyl sites for hydroxylation is 2. The molecule has 2 bridgehead atoms. The lowest BCUT2D eigenvalue weighted by molar-refractivity contribution is 0.370. The van der Waals surface area contributed by atoms with Crippen LogP contribution in [0.3, 0.4) is 0 Å². The van der Waals surface area contributed by atoms with E-state index in [1.807, 2.05) is 0 Å². The van der Waals surface area contributed by atoms with Gasteiger partial charge in [-0.2, -0.15) is 0 Å². The Morgan fingerprint density at radius 3 is 1.41 bits per heavy atom. The molecule has 0 amide bonds. The lowest BCUT2D eigenvalue weighted by atomic mass is 9.65. The van der Waals surface area contributed by atoms with E-state index < -0.39 is 8.60 Å². The van der Waals surface area contributed by atoms with Gasteiger partial charge in [0, 0.05) is 5.56 Å². The van der Waals surface area contributed by atoms with Gasteiger partial charge in [0.15, 0.2) is 0 Å². The van der Waals surface area contributed by atoms with E-state index in [0.29, 0.717) is 5.75 Å². The highest BCUT2D eigenvalue weighted by molar-refractivity contribution is 7.39. The van der Waals surface area contributed by atoms with Crippen molar-refractivity contribution in [3.05, 3.63) is 74.8 Å². The maximum Gasteiger partial charge on any atom is 0.391 e. The second-order valence-corrected chi connectivity index (χ2v) is 16.9. The number of fused-ring (bicyclic) bond motifs is 6. The van der Waals surface area contributed by atoms with E-state index in [4.69, 9.17) is 4.52 Å². The molecule has 41 heavy (non-hydrogen) atoms. The van der Waals surface area contributed by atoms with Gasteiger partial charge in [0.1, 0.15) is 5.75 Å². The molecular weight excluding hydrogens is 523 g/mol. The predicted octanol–water partition coefficient (Wildman–Crippen LogP) is 10.3. The molecule has 2 N–H and O–H groups in total. The summed E-state index contributed by atoms with van der Waals surface area (Å²) >= 11 is 0. The Bertz CT molecular complexity index is 1500. The van der Waals surface area contributed by atoms with Crippen molar-refractivity contribution in [2.24, 2.45) is 0 Å². The molecule has 0 unspecified atom stereocenters. The third kappa shape index (κ3) is 6.01. The van der Waals surface area contributed by atoms with Crippen molar-refractivity contribution in [2.45, 2.75) is 125 Å². The molecule has 1 aliphatic carbocycles. The van der Waals surface area contributed by atoms with E-state index in [2.05, 4.69) is 127 Å². The Morgan fingerprint density at radius 2 is 1.00 bits per heavy atom. The molecule has 222 valence electrons. The summed E-state index contributed by atoms with van der Waals surface area (Å²) in [5.74, 6) is 0.561. The highest BCUT2D eigenvalue weighted by Gasteiger charge is 2.39. The van der Waals surface area contributed by atoms with Crippen LogP contribution in [0.2, 0.25) is 0 Å². The number of rotatable bonds is 2. The van der Waals surface area contributed by atoms with Crippen LogP contribution in [0.25, 0.3) is 22.3 Å². The lowest BCUT2D eigenvalue weighted by Crippen LogP contribution is -2.26. The fourth-order valence-electron chi connectivity index (χ4n) is 6.79. The second-order valence-electron chi connectivity index (χ2n) is 16.3. The molecule has 0 aromatic heterocycles. The summed E-state index contributed by atoms with van der Waals surface area (Å²) in [6.07, 6.45) is 0.832. The van der Waals surface area contributed by atoms with Crippen molar-refractivity contribution < 1.29 is 14.3 Å². The Labute approximate surface area is 250 Å². The molecular formula is C37H51O3P. The van der Waals surface area contributed by atoms with Gasteiger partial charge in [-0.1, -0.05) is 118 Å². The predicted molar refractivity (Wildman–Crippen MR) is 176 cm³/mol. The number of hydrogen-bond acceptors (Lipinski definition) is 3. The van der Waals surface area contributed by atoms with Gasteiger partial charge in [0.05, 0.1) is 0 Å². The van der Waals surface area contributed by atoms with Gasteiger partial charge in [-0.25, -0.2) is 0 Å². The molecule has 4 rings (SSSR count). The van der Waals surface area contributed by atoms with E-state index >= 15 is 0 Å². The molecule has 0 spiro atoms. The first-order valence-corrected chi connectivity index (χ1v) is 16.0. The van der Waals surface area contributed by atoms with E-state index in [0.717, 1.165) is 17.5 Å². The van der Waals surface area contributed by atoms with Gasteiger partial charge in [0.25, 0.3) is 0 Å². The first-order valence-electron chi connectivity index (χ1n) is 14.9. The van der Waals surface area contributed by atoms with Gasteiger partial charge >= 0.3 is 8.60 Å². The minimum absolute atomic E-state index is 0.0963. The summed E-state index contributed by atoms with van der Waals surface area (Å²) < 4.78 is 6.00. The number of benzene rings is 3. The monoisotopic (exact) mass is 574 g/mol. The molecule has 0 saturated heterocycles. The molecule has 1 aliphatic rings. The molecule has 0 fully saturated rings. The molecule has 3 nitrogen and oxygen atoms in total. The van der Waals surface area contributed by atoms with Crippen LogP contribution in [0.1, 0.15) is 128 Å². The van der Waals surface area contributed by atoms with Crippen LogP contribution >= 0.6 is 8.60 Å². The lowest BCUT2D eigenvalue weighted by Gasteiger charge is -2.39. The highest BCUT2D eigenvalue weighted by atomic mass is 31.2. The summed E-state index contributed by atoms with van der Waals surface area (Å²) in [5, 5.41) is 0. The van der Waals surface area contributed by atoms with Crippen LogP contribution in [-0.4, -0.2) is 9.79 Å². The largest absolute Gasteiger partial charge is 0.427 e. The van der Waals surface area contributed by atoms with Crippen molar-refractivity contribution in [1.82, 2.24) is 0 Å². The molecule has 0 atom stereocenters.